The molecule has 3 rings (SSSR count). The van der Waals surface area contributed by atoms with E-state index in [-0.39, 0.29) is 21.5 Å². The van der Waals surface area contributed by atoms with Crippen LogP contribution in [-0.4, -0.2) is 55.5 Å². The van der Waals surface area contributed by atoms with Gasteiger partial charge in [0.2, 0.25) is 10.0 Å². The van der Waals surface area contributed by atoms with E-state index in [2.05, 4.69) is 5.32 Å². The van der Waals surface area contributed by atoms with E-state index in [0.29, 0.717) is 36.7 Å². The summed E-state index contributed by atoms with van der Waals surface area (Å²) in [6.07, 6.45) is 0. The second kappa shape index (κ2) is 10.1. The molecule has 5 nitrogen and oxygen atoms in total. The van der Waals surface area contributed by atoms with Gasteiger partial charge in [-0.15, -0.1) is 11.3 Å². The molecule has 0 saturated carbocycles. The maximum Gasteiger partial charge on any atom is 0.262 e. The van der Waals surface area contributed by atoms with Crippen molar-refractivity contribution in [2.45, 2.75) is 10.6 Å². The number of amides is 1. The van der Waals surface area contributed by atoms with Crippen LogP contribution in [-0.2, 0) is 15.8 Å². The molecule has 0 spiro atoms. The van der Waals surface area contributed by atoms with Gasteiger partial charge in [-0.25, -0.2) is 12.8 Å². The highest BCUT2D eigenvalue weighted by Gasteiger charge is 2.31. The van der Waals surface area contributed by atoms with Crippen molar-refractivity contribution in [3.8, 4) is 0 Å². The quantitative estimate of drug-likeness (QED) is 0.613. The number of nitrogens with zero attached hydrogens (tertiary/aromatic N) is 1. The summed E-state index contributed by atoms with van der Waals surface area (Å²) >= 11 is 4.37. The van der Waals surface area contributed by atoms with Crippen LogP contribution in [0.25, 0.3) is 0 Å². The molecular formula is C18H21FN2O3S4. The minimum absolute atomic E-state index is 0.0842. The number of thioether (sulfide) groups is 2. The summed E-state index contributed by atoms with van der Waals surface area (Å²) in [7, 11) is -3.65. The van der Waals surface area contributed by atoms with Crippen molar-refractivity contribution in [2.75, 3.05) is 36.9 Å². The lowest BCUT2D eigenvalue weighted by atomic mass is 10.2. The van der Waals surface area contributed by atoms with Crippen molar-refractivity contribution < 1.29 is 17.6 Å². The number of thiophene rings is 1. The second-order valence-electron chi connectivity index (χ2n) is 6.03. The Balaban J connectivity index is 1.53. The van der Waals surface area contributed by atoms with Gasteiger partial charge in [0, 0.05) is 42.6 Å². The van der Waals surface area contributed by atoms with E-state index >= 15 is 0 Å². The third-order valence-corrected chi connectivity index (χ3v) is 9.10. The topological polar surface area (TPSA) is 66.5 Å². The van der Waals surface area contributed by atoms with E-state index in [9.17, 15) is 17.6 Å². The minimum atomic E-state index is -3.65. The van der Waals surface area contributed by atoms with E-state index in [4.69, 9.17) is 0 Å². The summed E-state index contributed by atoms with van der Waals surface area (Å²) in [4.78, 5) is 12.8. The fourth-order valence-corrected chi connectivity index (χ4v) is 7.44. The number of hydrogen-bond donors (Lipinski definition) is 1. The minimum Gasteiger partial charge on any atom is -0.350 e. The second-order valence-corrected chi connectivity index (χ2v) is 11.2. The lowest BCUT2D eigenvalue weighted by Gasteiger charge is -2.25. The number of nitrogens with one attached hydrogen (secondary N) is 1. The van der Waals surface area contributed by atoms with Crippen molar-refractivity contribution in [3.05, 3.63) is 52.0 Å². The van der Waals surface area contributed by atoms with Crippen molar-refractivity contribution in [2.24, 2.45) is 0 Å². The molecule has 0 radical (unpaired) electrons. The van der Waals surface area contributed by atoms with Crippen molar-refractivity contribution >= 4 is 50.8 Å². The van der Waals surface area contributed by atoms with Crippen LogP contribution >= 0.6 is 34.9 Å². The molecule has 1 amide bonds. The normalized spacial score (nSPS) is 15.5. The van der Waals surface area contributed by atoms with Crippen LogP contribution in [0.3, 0.4) is 0 Å². The van der Waals surface area contributed by atoms with Crippen LogP contribution in [0.2, 0.25) is 0 Å². The summed E-state index contributed by atoms with van der Waals surface area (Å²) in [6.45, 7) is 1.32. The summed E-state index contributed by atoms with van der Waals surface area (Å²) in [5.41, 5.74) is 0.630. The average molecular weight is 461 g/mol. The van der Waals surface area contributed by atoms with Crippen LogP contribution in [0.4, 0.5) is 4.39 Å². The number of rotatable bonds is 8. The first-order chi connectivity index (χ1) is 13.5. The predicted molar refractivity (Wildman–Crippen MR) is 115 cm³/mol. The van der Waals surface area contributed by atoms with Crippen LogP contribution in [0.15, 0.2) is 40.6 Å². The van der Waals surface area contributed by atoms with Gasteiger partial charge in [-0.05, 0) is 23.1 Å². The number of halogens is 1. The Morgan fingerprint density at radius 1 is 1.21 bits per heavy atom. The highest BCUT2D eigenvalue weighted by atomic mass is 32.2. The molecule has 0 unspecified atom stereocenters. The summed E-state index contributed by atoms with van der Waals surface area (Å²) < 4.78 is 40.7. The Morgan fingerprint density at radius 2 is 1.96 bits per heavy atom. The third kappa shape index (κ3) is 5.29. The Bertz CT molecular complexity index is 911. The van der Waals surface area contributed by atoms with E-state index in [1.165, 1.54) is 28.2 Å². The molecule has 1 aliphatic rings. The zero-order chi connectivity index (χ0) is 20.0. The molecule has 2 heterocycles. The molecule has 2 aromatic rings. The van der Waals surface area contributed by atoms with E-state index in [0.717, 1.165) is 22.8 Å². The maximum atomic E-state index is 13.6. The maximum absolute atomic E-state index is 13.6. The zero-order valence-corrected chi connectivity index (χ0v) is 18.4. The average Bonchev–Trinajstić information content (AvgIpc) is 3.20. The molecule has 0 atom stereocenters. The fourth-order valence-electron chi connectivity index (χ4n) is 2.71. The SMILES string of the molecule is O=C(NCCSCc1ccccc1F)c1sccc1S(=O)(=O)N1CCSCC1. The van der Waals surface area contributed by atoms with Crippen molar-refractivity contribution in [1.82, 2.24) is 9.62 Å². The monoisotopic (exact) mass is 460 g/mol. The van der Waals surface area contributed by atoms with E-state index < -0.39 is 10.0 Å². The molecule has 1 fully saturated rings. The number of carbonyl (C=O) groups is 1. The first-order valence-electron chi connectivity index (χ1n) is 8.75. The van der Waals surface area contributed by atoms with Gasteiger partial charge in [0.15, 0.2) is 0 Å². The molecule has 0 bridgehead atoms. The van der Waals surface area contributed by atoms with Gasteiger partial charge in [-0.2, -0.15) is 27.8 Å². The van der Waals surface area contributed by atoms with Gasteiger partial charge >= 0.3 is 0 Å². The van der Waals surface area contributed by atoms with Crippen LogP contribution in [0.5, 0.6) is 0 Å². The van der Waals surface area contributed by atoms with Crippen LogP contribution in [0.1, 0.15) is 15.2 Å². The number of carbonyl (C=O) groups excluding carboxylic acids is 1. The van der Waals surface area contributed by atoms with Gasteiger partial charge in [0.1, 0.15) is 15.6 Å². The highest BCUT2D eigenvalue weighted by molar-refractivity contribution is 7.99. The largest absolute Gasteiger partial charge is 0.350 e. The van der Waals surface area contributed by atoms with Gasteiger partial charge < -0.3 is 5.32 Å². The Labute approximate surface area is 177 Å². The van der Waals surface area contributed by atoms with E-state index in [1.54, 1.807) is 35.3 Å². The van der Waals surface area contributed by atoms with Crippen LogP contribution < -0.4 is 5.32 Å². The Morgan fingerprint density at radius 3 is 2.71 bits per heavy atom. The van der Waals surface area contributed by atoms with Gasteiger partial charge in [-0.3, -0.25) is 4.79 Å². The molecule has 1 saturated heterocycles. The Hall–Kier alpha value is -1.07. The van der Waals surface area contributed by atoms with Gasteiger partial charge in [-0.1, -0.05) is 18.2 Å². The molecule has 1 aromatic heterocycles. The molecule has 0 aliphatic carbocycles. The highest BCUT2D eigenvalue weighted by Crippen LogP contribution is 2.27. The molecule has 28 heavy (non-hydrogen) atoms. The van der Waals surface area contributed by atoms with E-state index in [1.807, 2.05) is 0 Å². The Kier molecular flexibility index (Phi) is 7.81. The first kappa shape index (κ1) is 21.6. The third-order valence-electron chi connectivity index (χ3n) is 4.17. The molecule has 1 aromatic carbocycles. The molecule has 1 N–H and O–H groups in total. The summed E-state index contributed by atoms with van der Waals surface area (Å²) in [6, 6.07) is 8.11. The van der Waals surface area contributed by atoms with Gasteiger partial charge in [0.25, 0.3) is 5.91 Å². The standard InChI is InChI=1S/C18H21FN2O3S4/c19-15-4-2-1-3-14(15)13-26-10-6-20-18(22)17-16(5-9-27-17)28(23,24)21-7-11-25-12-8-21/h1-5,9H,6-8,10-13H2,(H,20,22). The molecule has 10 heteroatoms. The first-order valence-corrected chi connectivity index (χ1v) is 13.4. The number of sulfonamides is 1. The zero-order valence-electron chi connectivity index (χ0n) is 15.1. The molecule has 1 aliphatic heterocycles. The lowest BCUT2D eigenvalue weighted by molar-refractivity contribution is 0.0957. The van der Waals surface area contributed by atoms with Crippen molar-refractivity contribution in [3.63, 3.8) is 0 Å². The summed E-state index contributed by atoms with van der Waals surface area (Å²) in [5, 5.41) is 4.40. The smallest absolute Gasteiger partial charge is 0.262 e. The van der Waals surface area contributed by atoms with Crippen LogP contribution in [0, 0.1) is 5.82 Å². The lowest BCUT2D eigenvalue weighted by Crippen LogP contribution is -2.38. The summed E-state index contributed by atoms with van der Waals surface area (Å²) in [5.74, 6) is 2.05. The number of benzene rings is 1. The predicted octanol–water partition coefficient (Wildman–Crippen LogP) is 3.29. The van der Waals surface area contributed by atoms with Gasteiger partial charge in [0.05, 0.1) is 0 Å². The molecule has 152 valence electrons. The fraction of sp³-hybridized carbons (Fsp3) is 0.389. The number of hydrogen-bond acceptors (Lipinski definition) is 6. The molecular weight excluding hydrogens is 439 g/mol. The van der Waals surface area contributed by atoms with Crippen molar-refractivity contribution in [1.29, 1.82) is 0 Å².